The predicted molar refractivity (Wildman–Crippen MR) is 130 cm³/mol. The molecular weight excluding hydrogens is 542 g/mol. The van der Waals surface area contributed by atoms with E-state index in [2.05, 4.69) is 57.6 Å². The Balaban J connectivity index is 1.84. The molecular formula is C21H25Br2N7O2. The summed E-state index contributed by atoms with van der Waals surface area (Å²) in [5.41, 5.74) is 0.837. The molecule has 0 saturated carbocycles. The maximum Gasteiger partial charge on any atom is 0.272 e. The van der Waals surface area contributed by atoms with Gasteiger partial charge in [-0.1, -0.05) is 31.9 Å². The molecule has 0 aliphatic carbocycles. The van der Waals surface area contributed by atoms with Gasteiger partial charge < -0.3 is 15.5 Å². The van der Waals surface area contributed by atoms with E-state index in [0.29, 0.717) is 22.9 Å². The van der Waals surface area contributed by atoms with Crippen LogP contribution in [-0.4, -0.2) is 56.4 Å². The fourth-order valence-corrected chi connectivity index (χ4v) is 4.37. The van der Waals surface area contributed by atoms with Gasteiger partial charge in [0.15, 0.2) is 5.82 Å². The van der Waals surface area contributed by atoms with Crippen LogP contribution in [0.5, 0.6) is 0 Å². The van der Waals surface area contributed by atoms with Crippen LogP contribution in [0.2, 0.25) is 0 Å². The molecule has 3 rings (SSSR count). The van der Waals surface area contributed by atoms with Gasteiger partial charge in [0.05, 0.1) is 6.04 Å². The highest BCUT2D eigenvalue weighted by molar-refractivity contribution is 9.11. The highest BCUT2D eigenvalue weighted by Crippen LogP contribution is 2.21. The van der Waals surface area contributed by atoms with Gasteiger partial charge in [-0.15, -0.1) is 0 Å². The Morgan fingerprint density at radius 1 is 1.19 bits per heavy atom. The van der Waals surface area contributed by atoms with E-state index in [1.165, 1.54) is 6.33 Å². The first-order valence-corrected chi connectivity index (χ1v) is 11.7. The van der Waals surface area contributed by atoms with E-state index in [9.17, 15) is 9.59 Å². The quantitative estimate of drug-likeness (QED) is 0.558. The molecule has 2 heterocycles. The van der Waals surface area contributed by atoms with Gasteiger partial charge in [0.2, 0.25) is 0 Å². The minimum absolute atomic E-state index is 0.0440. The molecule has 0 saturated heterocycles. The molecule has 1 aliphatic heterocycles. The van der Waals surface area contributed by atoms with Crippen molar-refractivity contribution in [3.8, 4) is 0 Å². The second-order valence-corrected chi connectivity index (χ2v) is 9.59. The summed E-state index contributed by atoms with van der Waals surface area (Å²) in [6, 6.07) is 4.93. The average molecular weight is 567 g/mol. The van der Waals surface area contributed by atoms with Crippen LogP contribution in [0.3, 0.4) is 0 Å². The third-order valence-electron chi connectivity index (χ3n) is 4.94. The Morgan fingerprint density at radius 2 is 1.84 bits per heavy atom. The zero-order chi connectivity index (χ0) is 23.6. The lowest BCUT2D eigenvalue weighted by Gasteiger charge is -2.26. The number of aliphatic imine (C=N–C) groups is 1. The maximum absolute atomic E-state index is 12.8. The third kappa shape index (κ3) is 5.44. The topological polar surface area (TPSA) is 105 Å². The second kappa shape index (κ2) is 9.95. The van der Waals surface area contributed by atoms with Gasteiger partial charge in [-0.2, -0.15) is 9.78 Å². The summed E-state index contributed by atoms with van der Waals surface area (Å²) in [6.07, 6.45) is 2.74. The summed E-state index contributed by atoms with van der Waals surface area (Å²) in [4.78, 5) is 35.9. The normalized spacial score (nSPS) is 16.7. The molecule has 2 N–H and O–H groups in total. The van der Waals surface area contributed by atoms with Crippen molar-refractivity contribution in [1.82, 2.24) is 30.3 Å². The molecule has 0 spiro atoms. The standard InChI is InChI=1S/C21H25Br2N7O2/c1-11(2)29(5)21(32)17-9-18(28-13(4)27-17)30-19(24-10-25-30)12(3)26-20(31)14-6-15(22)8-16(23)7-14/h6-13,28H,1-5H3,(H,26,31)/t12-,13?/m0/s1. The van der Waals surface area contributed by atoms with Crippen LogP contribution in [-0.2, 0) is 4.79 Å². The average Bonchev–Trinajstić information content (AvgIpc) is 3.21. The summed E-state index contributed by atoms with van der Waals surface area (Å²) >= 11 is 6.79. The van der Waals surface area contributed by atoms with Gasteiger partial charge in [0.25, 0.3) is 11.8 Å². The molecule has 1 aromatic carbocycles. The number of nitrogens with one attached hydrogen (secondary N) is 2. The van der Waals surface area contributed by atoms with Gasteiger partial charge in [0, 0.05) is 33.7 Å². The molecule has 32 heavy (non-hydrogen) atoms. The number of nitrogens with zero attached hydrogens (tertiary/aromatic N) is 5. The lowest BCUT2D eigenvalue weighted by molar-refractivity contribution is -0.124. The fourth-order valence-electron chi connectivity index (χ4n) is 3.08. The van der Waals surface area contributed by atoms with Crippen molar-refractivity contribution in [3.05, 3.63) is 50.9 Å². The van der Waals surface area contributed by atoms with Crippen molar-refractivity contribution in [2.45, 2.75) is 45.9 Å². The smallest absolute Gasteiger partial charge is 0.272 e. The Bertz CT molecular complexity index is 1070. The number of hydrogen-bond donors (Lipinski definition) is 2. The molecule has 2 aromatic rings. The second-order valence-electron chi connectivity index (χ2n) is 7.76. The molecule has 9 nitrogen and oxygen atoms in total. The Kier molecular flexibility index (Phi) is 7.50. The zero-order valence-corrected chi connectivity index (χ0v) is 21.6. The number of hydrogen-bond acceptors (Lipinski definition) is 6. The first-order valence-electron chi connectivity index (χ1n) is 10.1. The Labute approximate surface area is 203 Å². The van der Waals surface area contributed by atoms with E-state index in [1.54, 1.807) is 34.8 Å². The lowest BCUT2D eigenvalue weighted by atomic mass is 10.2. The van der Waals surface area contributed by atoms with E-state index < -0.39 is 6.04 Å². The van der Waals surface area contributed by atoms with E-state index in [1.807, 2.05) is 33.8 Å². The van der Waals surface area contributed by atoms with E-state index in [-0.39, 0.29) is 24.0 Å². The molecule has 0 bridgehead atoms. The van der Waals surface area contributed by atoms with Crippen molar-refractivity contribution in [3.63, 3.8) is 0 Å². The van der Waals surface area contributed by atoms with Crippen molar-refractivity contribution >= 4 is 55.2 Å². The first-order chi connectivity index (χ1) is 15.1. The van der Waals surface area contributed by atoms with Crippen LogP contribution < -0.4 is 10.6 Å². The Morgan fingerprint density at radius 3 is 2.47 bits per heavy atom. The van der Waals surface area contributed by atoms with Crippen LogP contribution in [0.25, 0.3) is 5.82 Å². The third-order valence-corrected chi connectivity index (χ3v) is 5.85. The molecule has 1 aromatic heterocycles. The monoisotopic (exact) mass is 565 g/mol. The lowest BCUT2D eigenvalue weighted by Crippen LogP contribution is -2.41. The van der Waals surface area contributed by atoms with Crippen molar-refractivity contribution in [1.29, 1.82) is 0 Å². The van der Waals surface area contributed by atoms with Crippen molar-refractivity contribution in [2.24, 2.45) is 4.99 Å². The minimum Gasteiger partial charge on any atom is -0.349 e. The molecule has 1 aliphatic rings. The van der Waals surface area contributed by atoms with E-state index >= 15 is 0 Å². The summed E-state index contributed by atoms with van der Waals surface area (Å²) in [5.74, 6) is 0.661. The number of benzene rings is 1. The largest absolute Gasteiger partial charge is 0.349 e. The van der Waals surface area contributed by atoms with Crippen LogP contribution in [0, 0.1) is 0 Å². The molecule has 2 amide bonds. The van der Waals surface area contributed by atoms with Crippen molar-refractivity contribution in [2.75, 3.05) is 7.05 Å². The fraction of sp³-hybridized carbons (Fsp3) is 0.381. The molecule has 1 unspecified atom stereocenters. The molecule has 170 valence electrons. The van der Waals surface area contributed by atoms with Crippen LogP contribution in [0.15, 0.2) is 44.5 Å². The number of amides is 2. The number of halogens is 2. The predicted octanol–water partition coefficient (Wildman–Crippen LogP) is 3.35. The Hall–Kier alpha value is -2.53. The minimum atomic E-state index is -0.447. The van der Waals surface area contributed by atoms with Gasteiger partial charge in [0.1, 0.15) is 24.0 Å². The number of aromatic nitrogens is 3. The zero-order valence-electron chi connectivity index (χ0n) is 18.4. The SMILES string of the molecule is CC1N=C(C(=O)N(C)C(C)C)C=C(n2ncnc2[C@H](C)NC(=O)c2cc(Br)cc(Br)c2)N1. The van der Waals surface area contributed by atoms with Gasteiger partial charge in [-0.05, 0) is 45.9 Å². The number of carbonyl (C=O) groups excluding carboxylic acids is 2. The molecule has 0 radical (unpaired) electrons. The van der Waals surface area contributed by atoms with E-state index in [0.717, 1.165) is 8.95 Å². The highest BCUT2D eigenvalue weighted by Gasteiger charge is 2.25. The summed E-state index contributed by atoms with van der Waals surface area (Å²) in [7, 11) is 1.74. The van der Waals surface area contributed by atoms with Gasteiger partial charge in [-0.25, -0.2) is 4.98 Å². The summed E-state index contributed by atoms with van der Waals surface area (Å²) in [6.45, 7) is 7.56. The summed E-state index contributed by atoms with van der Waals surface area (Å²) in [5, 5.41) is 10.5. The molecule has 2 atom stereocenters. The highest BCUT2D eigenvalue weighted by atomic mass is 79.9. The van der Waals surface area contributed by atoms with Crippen LogP contribution in [0.4, 0.5) is 0 Å². The molecule has 0 fully saturated rings. The number of carbonyl (C=O) groups is 2. The summed E-state index contributed by atoms with van der Waals surface area (Å²) < 4.78 is 3.16. The van der Waals surface area contributed by atoms with Gasteiger partial charge in [-0.3, -0.25) is 14.6 Å². The maximum atomic E-state index is 12.8. The number of rotatable bonds is 6. The molecule has 11 heteroatoms. The van der Waals surface area contributed by atoms with E-state index in [4.69, 9.17) is 0 Å². The van der Waals surface area contributed by atoms with Crippen LogP contribution >= 0.6 is 31.9 Å². The van der Waals surface area contributed by atoms with Gasteiger partial charge >= 0.3 is 0 Å². The van der Waals surface area contributed by atoms with Crippen LogP contribution in [0.1, 0.15) is 49.9 Å². The van der Waals surface area contributed by atoms with Crippen molar-refractivity contribution < 1.29 is 9.59 Å². The first kappa shape index (κ1) is 24.1.